The Bertz CT molecular complexity index is 1390. The number of hydrogen-bond donors (Lipinski definition) is 0. The SMILES string of the molecule is CC(=O)OC[C@H]1O[C@@H](OC[C@H]2O[C@@H](Sc3ccccc3)[C@H](OC(C)=O)[C@@H](OC(C)=O)[C@@H]2OC(C)=O)[C@H](OC(C)=O)[C@@H](OC(C)=O)[C@@H]1OC(C)=O. The lowest BCUT2D eigenvalue weighted by atomic mass is 9.97. The van der Waals surface area contributed by atoms with Gasteiger partial charge in [-0.2, -0.15) is 0 Å². The Morgan fingerprint density at radius 1 is 0.520 bits per heavy atom. The molecule has 10 atom stereocenters. The highest BCUT2D eigenvalue weighted by Crippen LogP contribution is 2.38. The van der Waals surface area contributed by atoms with Crippen molar-refractivity contribution in [1.82, 2.24) is 0 Å². The zero-order valence-corrected chi connectivity index (χ0v) is 29.2. The number of esters is 7. The molecule has 2 saturated heterocycles. The van der Waals surface area contributed by atoms with Gasteiger partial charge in [0.05, 0.1) is 6.61 Å². The van der Waals surface area contributed by atoms with Crippen LogP contribution in [-0.2, 0) is 80.9 Å². The fourth-order valence-electron chi connectivity index (χ4n) is 5.23. The van der Waals surface area contributed by atoms with E-state index in [0.717, 1.165) is 60.2 Å². The fraction of sp³-hybridized carbons (Fsp3) is 0.594. The molecule has 0 bridgehead atoms. The molecule has 2 aliphatic rings. The van der Waals surface area contributed by atoms with Crippen molar-refractivity contribution in [2.45, 2.75) is 114 Å². The first-order valence-corrected chi connectivity index (χ1v) is 16.2. The van der Waals surface area contributed by atoms with Gasteiger partial charge in [-0.05, 0) is 12.1 Å². The number of benzene rings is 1. The number of thioether (sulfide) groups is 1. The summed E-state index contributed by atoms with van der Waals surface area (Å²) in [4.78, 5) is 85.7. The van der Waals surface area contributed by atoms with E-state index in [4.69, 9.17) is 47.4 Å². The molecule has 2 heterocycles. The van der Waals surface area contributed by atoms with E-state index >= 15 is 0 Å². The number of rotatable bonds is 13. The Morgan fingerprint density at radius 3 is 1.42 bits per heavy atom. The third-order valence-electron chi connectivity index (χ3n) is 6.87. The summed E-state index contributed by atoms with van der Waals surface area (Å²) in [6.07, 6.45) is -12.7. The van der Waals surface area contributed by atoms with E-state index in [-0.39, 0.29) is 0 Å². The second kappa shape index (κ2) is 18.7. The molecule has 2 aliphatic heterocycles. The molecular formula is C32H40O17S. The molecule has 0 radical (unpaired) electrons. The van der Waals surface area contributed by atoms with Crippen LogP contribution in [0.5, 0.6) is 0 Å². The van der Waals surface area contributed by atoms with Crippen LogP contribution in [0, 0.1) is 0 Å². The normalized spacial score (nSPS) is 29.0. The maximum atomic E-state index is 12.3. The topological polar surface area (TPSA) is 212 Å². The summed E-state index contributed by atoms with van der Waals surface area (Å²) in [5, 5.41) is 0. The Morgan fingerprint density at radius 2 is 0.940 bits per heavy atom. The van der Waals surface area contributed by atoms with E-state index in [9.17, 15) is 33.6 Å². The molecule has 0 amide bonds. The van der Waals surface area contributed by atoms with Gasteiger partial charge in [0.2, 0.25) is 0 Å². The highest BCUT2D eigenvalue weighted by Gasteiger charge is 2.55. The van der Waals surface area contributed by atoms with Gasteiger partial charge in [-0.1, -0.05) is 30.0 Å². The first-order chi connectivity index (χ1) is 23.5. The lowest BCUT2D eigenvalue weighted by molar-refractivity contribution is -0.317. The van der Waals surface area contributed by atoms with Crippen molar-refractivity contribution >= 4 is 53.5 Å². The van der Waals surface area contributed by atoms with Crippen molar-refractivity contribution in [3.63, 3.8) is 0 Å². The summed E-state index contributed by atoms with van der Waals surface area (Å²) >= 11 is 1.12. The van der Waals surface area contributed by atoms with Gasteiger partial charge in [0.25, 0.3) is 0 Å². The zero-order chi connectivity index (χ0) is 37.1. The third kappa shape index (κ3) is 12.0. The predicted molar refractivity (Wildman–Crippen MR) is 166 cm³/mol. The minimum Gasteiger partial charge on any atom is -0.463 e. The van der Waals surface area contributed by atoms with Crippen LogP contribution in [0.3, 0.4) is 0 Å². The molecule has 0 aliphatic carbocycles. The average Bonchev–Trinajstić information content (AvgIpc) is 3.00. The van der Waals surface area contributed by atoms with Gasteiger partial charge in [-0.15, -0.1) is 0 Å². The molecule has 0 N–H and O–H groups in total. The monoisotopic (exact) mass is 728 g/mol. The van der Waals surface area contributed by atoms with Crippen molar-refractivity contribution in [1.29, 1.82) is 0 Å². The van der Waals surface area contributed by atoms with Gasteiger partial charge in [-0.3, -0.25) is 33.6 Å². The maximum absolute atomic E-state index is 12.3. The quantitative estimate of drug-likeness (QED) is 0.207. The second-order valence-electron chi connectivity index (χ2n) is 11.1. The molecule has 0 unspecified atom stereocenters. The van der Waals surface area contributed by atoms with Crippen molar-refractivity contribution < 1.29 is 80.9 Å². The van der Waals surface area contributed by atoms with E-state index in [1.807, 2.05) is 0 Å². The van der Waals surface area contributed by atoms with Crippen LogP contribution in [0.4, 0.5) is 0 Å². The smallest absolute Gasteiger partial charge is 0.303 e. The lowest BCUT2D eigenvalue weighted by Gasteiger charge is -2.46. The minimum atomic E-state index is -1.60. The summed E-state index contributed by atoms with van der Waals surface area (Å²) in [5.41, 5.74) is -1.05. The zero-order valence-electron chi connectivity index (χ0n) is 28.4. The summed E-state index contributed by atoms with van der Waals surface area (Å²) in [6.45, 7) is 6.70. The van der Waals surface area contributed by atoms with E-state index in [1.54, 1.807) is 30.3 Å². The predicted octanol–water partition coefficient (Wildman–Crippen LogP) is 1.40. The average molecular weight is 729 g/mol. The van der Waals surface area contributed by atoms with Gasteiger partial charge < -0.3 is 47.4 Å². The number of carbonyl (C=O) groups is 7. The summed E-state index contributed by atoms with van der Waals surface area (Å²) in [5.74, 6) is -5.54. The van der Waals surface area contributed by atoms with Crippen LogP contribution in [-0.4, -0.2) is 116 Å². The second-order valence-corrected chi connectivity index (χ2v) is 12.3. The van der Waals surface area contributed by atoms with Crippen LogP contribution in [0.2, 0.25) is 0 Å². The molecule has 0 spiro atoms. The molecule has 276 valence electrons. The van der Waals surface area contributed by atoms with Gasteiger partial charge in [0.1, 0.15) is 24.3 Å². The van der Waals surface area contributed by atoms with Gasteiger partial charge in [-0.25, -0.2) is 0 Å². The van der Waals surface area contributed by atoms with Crippen LogP contribution >= 0.6 is 11.8 Å². The molecule has 3 rings (SSSR count). The Hall–Kier alpha value is -4.26. The van der Waals surface area contributed by atoms with Crippen molar-refractivity contribution in [3.8, 4) is 0 Å². The Kier molecular flexibility index (Phi) is 15.0. The van der Waals surface area contributed by atoms with E-state index in [2.05, 4.69) is 0 Å². The third-order valence-corrected chi connectivity index (χ3v) is 8.02. The molecule has 1 aromatic rings. The van der Waals surface area contributed by atoms with Crippen molar-refractivity contribution in [2.75, 3.05) is 13.2 Å². The highest BCUT2D eigenvalue weighted by atomic mass is 32.2. The minimum absolute atomic E-state index is 0.498. The van der Waals surface area contributed by atoms with Crippen molar-refractivity contribution in [2.24, 2.45) is 0 Å². The molecule has 2 fully saturated rings. The van der Waals surface area contributed by atoms with Crippen LogP contribution in [0.1, 0.15) is 48.5 Å². The molecule has 0 aromatic heterocycles. The number of carbonyl (C=O) groups excluding carboxylic acids is 7. The van der Waals surface area contributed by atoms with Gasteiger partial charge in [0, 0.05) is 53.4 Å². The van der Waals surface area contributed by atoms with Gasteiger partial charge >= 0.3 is 41.8 Å². The maximum Gasteiger partial charge on any atom is 0.303 e. The molecule has 18 heteroatoms. The molecular weight excluding hydrogens is 688 g/mol. The molecule has 17 nitrogen and oxygen atoms in total. The fourth-order valence-corrected chi connectivity index (χ4v) is 6.36. The number of hydrogen-bond acceptors (Lipinski definition) is 18. The van der Waals surface area contributed by atoms with Crippen LogP contribution < -0.4 is 0 Å². The van der Waals surface area contributed by atoms with Crippen LogP contribution in [0.25, 0.3) is 0 Å². The first kappa shape index (κ1) is 40.2. The highest BCUT2D eigenvalue weighted by molar-refractivity contribution is 7.99. The molecule has 50 heavy (non-hydrogen) atoms. The Balaban J connectivity index is 2.05. The van der Waals surface area contributed by atoms with E-state index in [0.29, 0.717) is 4.90 Å². The van der Waals surface area contributed by atoms with Crippen LogP contribution in [0.15, 0.2) is 35.2 Å². The molecule has 1 aromatic carbocycles. The first-order valence-electron chi connectivity index (χ1n) is 15.4. The summed E-state index contributed by atoms with van der Waals surface area (Å²) < 4.78 is 56.4. The summed E-state index contributed by atoms with van der Waals surface area (Å²) in [7, 11) is 0. The van der Waals surface area contributed by atoms with Crippen molar-refractivity contribution in [3.05, 3.63) is 30.3 Å². The van der Waals surface area contributed by atoms with E-state index < -0.39 is 116 Å². The standard InChI is InChI=1S/C32H40O17S/c1-15(33)40-13-23-25(42-16(2)34)27(44-18(4)36)29(46-20(6)38)31(48-23)41-14-24-26(43-17(3)35)28(45-19(5)37)30(47-21(7)39)32(49-24)50-22-11-9-8-10-12-22/h8-12,23-32H,13-14H2,1-7H3/t23-,24-,25-,26-,27+,28+,29-,30-,31-,32+/m1/s1. The van der Waals surface area contributed by atoms with E-state index in [1.165, 1.54) is 0 Å². The van der Waals surface area contributed by atoms with Gasteiger partial charge in [0.15, 0.2) is 42.9 Å². The summed E-state index contributed by atoms with van der Waals surface area (Å²) in [6, 6.07) is 8.85. The largest absolute Gasteiger partial charge is 0.463 e. The Labute approximate surface area is 291 Å². The molecule has 0 saturated carbocycles. The lowest BCUT2D eigenvalue weighted by Crippen LogP contribution is -2.64. The number of ether oxygens (including phenoxy) is 10.